The molecule has 9 heteroatoms. The van der Waals surface area contributed by atoms with Crippen molar-refractivity contribution in [1.82, 2.24) is 9.80 Å². The van der Waals surface area contributed by atoms with E-state index in [2.05, 4.69) is 9.80 Å². The monoisotopic (exact) mass is 389 g/mol. The Labute approximate surface area is 165 Å². The normalized spacial score (nSPS) is 20.9. The number of Topliss-reactive ketones (excluding diaryl/α,β-unsaturated/α-hetero) is 1. The number of aromatic carboxylic acids is 1. The van der Waals surface area contributed by atoms with Crippen LogP contribution in [0.5, 0.6) is 5.75 Å². The molecule has 0 aliphatic carbocycles. The quantitative estimate of drug-likeness (QED) is 0.563. The summed E-state index contributed by atoms with van der Waals surface area (Å²) in [6.45, 7) is 5.50. The van der Waals surface area contributed by atoms with Gasteiger partial charge in [-0.15, -0.1) is 0 Å². The third-order valence-electron chi connectivity index (χ3n) is 5.47. The van der Waals surface area contributed by atoms with E-state index < -0.39 is 13.1 Å². The molecule has 0 saturated carbocycles. The van der Waals surface area contributed by atoms with Crippen molar-refractivity contribution in [3.05, 3.63) is 29.3 Å². The molecule has 1 saturated heterocycles. The Bertz CT molecular complexity index is 717. The van der Waals surface area contributed by atoms with Crippen LogP contribution in [0.25, 0.3) is 0 Å². The molecule has 1 fully saturated rings. The third kappa shape index (κ3) is 5.11. The molecule has 0 spiro atoms. The van der Waals surface area contributed by atoms with Crippen molar-refractivity contribution in [2.45, 2.75) is 25.1 Å². The molecule has 28 heavy (non-hydrogen) atoms. The smallest absolute Gasteiger partial charge is 0.526 e. The number of nitrogens with two attached hydrogens (primary N) is 1. The van der Waals surface area contributed by atoms with E-state index in [0.717, 1.165) is 44.7 Å². The van der Waals surface area contributed by atoms with Crippen LogP contribution in [0.15, 0.2) is 18.2 Å². The van der Waals surface area contributed by atoms with Crippen LogP contribution in [0.4, 0.5) is 0 Å². The lowest BCUT2D eigenvalue weighted by Crippen LogP contribution is -2.39. The zero-order valence-corrected chi connectivity index (χ0v) is 16.0. The molecule has 2 aliphatic rings. The molecular weight excluding hydrogens is 361 g/mol. The second kappa shape index (κ2) is 9.51. The summed E-state index contributed by atoms with van der Waals surface area (Å²) in [6, 6.07) is 4.89. The van der Waals surface area contributed by atoms with Crippen molar-refractivity contribution in [3.63, 3.8) is 0 Å². The molecule has 0 amide bonds. The SMILES string of the molecule is NCCN1CCCN(CC(=O)C[C@H]2Cc3cccc(C(=O)O)c3OB2O)CC1. The van der Waals surface area contributed by atoms with Crippen LogP contribution in [-0.2, 0) is 11.2 Å². The van der Waals surface area contributed by atoms with Gasteiger partial charge in [-0.3, -0.25) is 9.69 Å². The summed E-state index contributed by atoms with van der Waals surface area (Å²) in [6.07, 6.45) is 1.64. The van der Waals surface area contributed by atoms with Crippen LogP contribution in [0, 0.1) is 0 Å². The summed E-state index contributed by atoms with van der Waals surface area (Å²) in [5.41, 5.74) is 6.38. The Balaban J connectivity index is 1.56. The van der Waals surface area contributed by atoms with Crippen LogP contribution in [-0.4, -0.2) is 84.6 Å². The van der Waals surface area contributed by atoms with Crippen LogP contribution in [0.3, 0.4) is 0 Å². The van der Waals surface area contributed by atoms with Gasteiger partial charge in [0, 0.05) is 38.4 Å². The number of hydrogen-bond acceptors (Lipinski definition) is 7. The van der Waals surface area contributed by atoms with E-state index >= 15 is 0 Å². The lowest BCUT2D eigenvalue weighted by molar-refractivity contribution is -0.120. The van der Waals surface area contributed by atoms with Crippen molar-refractivity contribution in [1.29, 1.82) is 0 Å². The van der Waals surface area contributed by atoms with Crippen molar-refractivity contribution in [2.24, 2.45) is 5.73 Å². The second-order valence-corrected chi connectivity index (χ2v) is 7.57. The highest BCUT2D eigenvalue weighted by molar-refractivity contribution is 6.47. The Hall–Kier alpha value is -1.94. The first-order chi connectivity index (χ1) is 13.5. The van der Waals surface area contributed by atoms with E-state index in [-0.39, 0.29) is 29.3 Å². The number of benzene rings is 1. The number of carbonyl (C=O) groups is 2. The van der Waals surface area contributed by atoms with Gasteiger partial charge in [0.15, 0.2) is 0 Å². The lowest BCUT2D eigenvalue weighted by Gasteiger charge is -2.28. The van der Waals surface area contributed by atoms with Crippen LogP contribution < -0.4 is 10.4 Å². The van der Waals surface area contributed by atoms with Crippen LogP contribution in [0.1, 0.15) is 28.8 Å². The van der Waals surface area contributed by atoms with E-state index in [4.69, 9.17) is 10.4 Å². The van der Waals surface area contributed by atoms with Gasteiger partial charge in [-0.1, -0.05) is 12.1 Å². The Kier molecular flexibility index (Phi) is 7.06. The maximum Gasteiger partial charge on any atom is 0.526 e. The number of ketones is 1. The fourth-order valence-electron chi connectivity index (χ4n) is 4.02. The first-order valence-corrected chi connectivity index (χ1v) is 9.84. The zero-order chi connectivity index (χ0) is 20.1. The molecule has 8 nitrogen and oxygen atoms in total. The first-order valence-electron chi connectivity index (χ1n) is 9.84. The van der Waals surface area contributed by atoms with Gasteiger partial charge >= 0.3 is 13.1 Å². The predicted molar refractivity (Wildman–Crippen MR) is 106 cm³/mol. The maximum absolute atomic E-state index is 12.6. The second-order valence-electron chi connectivity index (χ2n) is 7.57. The molecule has 0 bridgehead atoms. The third-order valence-corrected chi connectivity index (χ3v) is 5.47. The molecular formula is C19H28BN3O5. The fraction of sp³-hybridized carbons (Fsp3) is 0.579. The number of carboxylic acids is 1. The molecule has 152 valence electrons. The molecule has 1 atom stereocenters. The molecule has 1 aromatic carbocycles. The lowest BCUT2D eigenvalue weighted by atomic mass is 9.64. The van der Waals surface area contributed by atoms with Gasteiger partial charge in [0.2, 0.25) is 0 Å². The average Bonchev–Trinajstić information content (AvgIpc) is 2.87. The van der Waals surface area contributed by atoms with Crippen molar-refractivity contribution >= 4 is 18.9 Å². The van der Waals surface area contributed by atoms with Gasteiger partial charge in [-0.2, -0.15) is 0 Å². The van der Waals surface area contributed by atoms with Crippen molar-refractivity contribution in [2.75, 3.05) is 45.8 Å². The average molecular weight is 389 g/mol. The van der Waals surface area contributed by atoms with Crippen LogP contribution >= 0.6 is 0 Å². The molecule has 2 aliphatic heterocycles. The molecule has 2 heterocycles. The Morgan fingerprint density at radius 3 is 2.71 bits per heavy atom. The highest BCUT2D eigenvalue weighted by Gasteiger charge is 2.37. The molecule has 0 radical (unpaired) electrons. The van der Waals surface area contributed by atoms with Gasteiger partial charge in [0.1, 0.15) is 11.5 Å². The van der Waals surface area contributed by atoms with Gasteiger partial charge in [0.25, 0.3) is 0 Å². The van der Waals surface area contributed by atoms with Crippen molar-refractivity contribution in [3.8, 4) is 5.75 Å². The van der Waals surface area contributed by atoms with Crippen molar-refractivity contribution < 1.29 is 24.4 Å². The largest absolute Gasteiger partial charge is 0.535 e. The van der Waals surface area contributed by atoms with Crippen LogP contribution in [0.2, 0.25) is 5.82 Å². The van der Waals surface area contributed by atoms with Gasteiger partial charge < -0.3 is 25.4 Å². The van der Waals surface area contributed by atoms with E-state index in [9.17, 15) is 19.7 Å². The number of rotatable bonds is 7. The highest BCUT2D eigenvalue weighted by Crippen LogP contribution is 2.36. The van der Waals surface area contributed by atoms with E-state index in [1.54, 1.807) is 12.1 Å². The van der Waals surface area contributed by atoms with Gasteiger partial charge in [-0.05, 0) is 37.6 Å². The number of para-hydroxylation sites is 1. The van der Waals surface area contributed by atoms with Gasteiger partial charge in [0.05, 0.1) is 12.1 Å². The molecule has 0 aromatic heterocycles. The Morgan fingerprint density at radius 1 is 1.21 bits per heavy atom. The summed E-state index contributed by atoms with van der Waals surface area (Å²) in [5.74, 6) is -1.19. The number of carbonyl (C=O) groups excluding carboxylic acids is 1. The van der Waals surface area contributed by atoms with E-state index in [0.29, 0.717) is 19.5 Å². The summed E-state index contributed by atoms with van der Waals surface area (Å²) in [4.78, 5) is 28.4. The number of nitrogens with zero attached hydrogens (tertiary/aromatic N) is 2. The number of hydrogen-bond donors (Lipinski definition) is 3. The summed E-state index contributed by atoms with van der Waals surface area (Å²) in [5, 5.41) is 19.6. The minimum atomic E-state index is -1.18. The summed E-state index contributed by atoms with van der Waals surface area (Å²) in [7, 11) is -1.18. The molecule has 0 unspecified atom stereocenters. The Morgan fingerprint density at radius 2 is 1.96 bits per heavy atom. The summed E-state index contributed by atoms with van der Waals surface area (Å²) < 4.78 is 5.48. The predicted octanol–water partition coefficient (Wildman–Crippen LogP) is 0.0960. The minimum Gasteiger partial charge on any atom is -0.535 e. The minimum absolute atomic E-state index is 0.0351. The maximum atomic E-state index is 12.6. The fourth-order valence-corrected chi connectivity index (χ4v) is 4.02. The molecule has 3 rings (SSSR count). The molecule has 1 aromatic rings. The standard InChI is InChI=1S/C19H28BN3O5/c21-5-8-22-6-2-7-23(10-9-22)13-16(24)12-15-11-14-3-1-4-17(19(25)26)18(14)28-20(15)27/h1,3-4,15,27H,2,5-13,21H2,(H,25,26)/t15-/m1/s1. The number of fused-ring (bicyclic) bond motifs is 1. The summed E-state index contributed by atoms with van der Waals surface area (Å²) >= 11 is 0. The zero-order valence-electron chi connectivity index (χ0n) is 16.0. The van der Waals surface area contributed by atoms with Gasteiger partial charge in [-0.25, -0.2) is 4.79 Å². The molecule has 4 N–H and O–H groups in total. The first kappa shape index (κ1) is 20.8. The topological polar surface area (TPSA) is 116 Å². The number of carboxylic acid groups (broad SMARTS) is 1. The highest BCUT2D eigenvalue weighted by atomic mass is 16.5. The van der Waals surface area contributed by atoms with E-state index in [1.807, 2.05) is 0 Å². The van der Waals surface area contributed by atoms with E-state index in [1.165, 1.54) is 6.07 Å².